The summed E-state index contributed by atoms with van der Waals surface area (Å²) in [4.78, 5) is 18.8. The Morgan fingerprint density at radius 2 is 1.84 bits per heavy atom. The number of nitrogens with zero attached hydrogens (tertiary/aromatic N) is 1. The second-order valence-electron chi connectivity index (χ2n) is 6.29. The Morgan fingerprint density at radius 3 is 2.56 bits per heavy atom. The number of amides is 1. The zero-order valence-electron chi connectivity index (χ0n) is 14.3. The lowest BCUT2D eigenvalue weighted by Gasteiger charge is -2.12. The number of carbonyl (C=O) groups is 1. The average Bonchev–Trinajstić information content (AvgIpc) is 2.61. The first kappa shape index (κ1) is 17.6. The Kier molecular flexibility index (Phi) is 5.46. The molecule has 0 saturated carbocycles. The van der Waals surface area contributed by atoms with Crippen LogP contribution in [0, 0.1) is 0 Å². The number of benzene rings is 2. The van der Waals surface area contributed by atoms with Crippen LogP contribution >= 0.6 is 15.9 Å². The molecule has 1 aromatic heterocycles. The predicted octanol–water partition coefficient (Wildman–Crippen LogP) is 2.54. The number of nitrogens with one attached hydrogen (secondary N) is 2. The minimum Gasteiger partial charge on any atom is -0.346 e. The van der Waals surface area contributed by atoms with Crippen molar-refractivity contribution in [2.24, 2.45) is 0 Å². The van der Waals surface area contributed by atoms with Crippen molar-refractivity contribution in [3.63, 3.8) is 0 Å². The van der Waals surface area contributed by atoms with Gasteiger partial charge >= 0.3 is 0 Å². The molecule has 5 heteroatoms. The number of hydrogen-bond donors (Lipinski definition) is 2. The van der Waals surface area contributed by atoms with Gasteiger partial charge in [0.25, 0.3) is 5.91 Å². The molecule has 0 atom stereocenters. The Bertz CT molecular complexity index is 891. The van der Waals surface area contributed by atoms with Crippen LogP contribution in [0.2, 0.25) is 0 Å². The van der Waals surface area contributed by atoms with Crippen LogP contribution in [0.4, 0.5) is 0 Å². The fraction of sp³-hybridized carbons (Fsp3) is 0.200. The van der Waals surface area contributed by atoms with Crippen LogP contribution in [0.15, 0.2) is 59.1 Å². The first-order chi connectivity index (χ1) is 12.0. The summed E-state index contributed by atoms with van der Waals surface area (Å²) in [6.45, 7) is 1.53. The van der Waals surface area contributed by atoms with E-state index in [2.05, 4.69) is 35.3 Å². The molecule has 3 rings (SSSR count). The second-order valence-corrected chi connectivity index (χ2v) is 7.21. The molecule has 0 saturated heterocycles. The van der Waals surface area contributed by atoms with Crippen molar-refractivity contribution in [1.82, 2.24) is 10.3 Å². The normalized spacial score (nSPS) is 11.0. The van der Waals surface area contributed by atoms with Gasteiger partial charge in [-0.05, 0) is 24.3 Å². The fourth-order valence-electron chi connectivity index (χ4n) is 2.65. The second kappa shape index (κ2) is 7.76. The number of likely N-dealkylation sites (N-methyl/N-ethyl adjacent to an activating group) is 1. The first-order valence-electron chi connectivity index (χ1n) is 8.27. The third-order valence-corrected chi connectivity index (χ3v) is 4.54. The molecule has 0 unspecified atom stereocenters. The summed E-state index contributed by atoms with van der Waals surface area (Å²) in [6, 6.07) is 17.6. The summed E-state index contributed by atoms with van der Waals surface area (Å²) in [5.41, 5.74) is 3.28. The maximum Gasteiger partial charge on any atom is 0.252 e. The van der Waals surface area contributed by atoms with Crippen molar-refractivity contribution in [3.8, 4) is 11.3 Å². The lowest BCUT2D eigenvalue weighted by atomic mass is 10.0. The van der Waals surface area contributed by atoms with Gasteiger partial charge in [-0.25, -0.2) is 4.98 Å². The zero-order valence-corrected chi connectivity index (χ0v) is 15.9. The molecule has 4 nitrogen and oxygen atoms in total. The quantitative estimate of drug-likeness (QED) is 0.693. The van der Waals surface area contributed by atoms with Gasteiger partial charge in [-0.1, -0.05) is 46.3 Å². The third-order valence-electron chi connectivity index (χ3n) is 4.01. The van der Waals surface area contributed by atoms with Crippen molar-refractivity contribution >= 4 is 32.7 Å². The molecule has 25 heavy (non-hydrogen) atoms. The predicted molar refractivity (Wildman–Crippen MR) is 105 cm³/mol. The lowest BCUT2D eigenvalue weighted by Crippen LogP contribution is -3.06. The van der Waals surface area contributed by atoms with Crippen LogP contribution < -0.4 is 10.2 Å². The molecule has 1 heterocycles. The molecule has 0 aliphatic carbocycles. The van der Waals surface area contributed by atoms with Crippen LogP contribution in [0.1, 0.15) is 10.4 Å². The van der Waals surface area contributed by atoms with Crippen LogP contribution in [-0.4, -0.2) is 38.1 Å². The lowest BCUT2D eigenvalue weighted by molar-refractivity contribution is -0.856. The zero-order chi connectivity index (χ0) is 17.8. The van der Waals surface area contributed by atoms with E-state index in [-0.39, 0.29) is 5.91 Å². The van der Waals surface area contributed by atoms with E-state index in [4.69, 9.17) is 4.98 Å². The number of pyridine rings is 1. The van der Waals surface area contributed by atoms with E-state index in [9.17, 15) is 4.79 Å². The van der Waals surface area contributed by atoms with Gasteiger partial charge < -0.3 is 10.2 Å². The molecule has 0 radical (unpaired) electrons. The molecule has 2 N–H and O–H groups in total. The van der Waals surface area contributed by atoms with Crippen LogP contribution in [-0.2, 0) is 0 Å². The monoisotopic (exact) mass is 398 g/mol. The number of rotatable bonds is 5. The average molecular weight is 399 g/mol. The van der Waals surface area contributed by atoms with E-state index in [0.717, 1.165) is 33.2 Å². The summed E-state index contributed by atoms with van der Waals surface area (Å²) >= 11 is 3.45. The van der Waals surface area contributed by atoms with E-state index in [1.807, 2.05) is 54.6 Å². The molecule has 2 aromatic carbocycles. The number of carbonyl (C=O) groups excluding carboxylic acids is 1. The molecular formula is C20H21BrN3O+. The molecule has 3 aromatic rings. The van der Waals surface area contributed by atoms with Crippen molar-refractivity contribution < 1.29 is 9.69 Å². The topological polar surface area (TPSA) is 46.4 Å². The van der Waals surface area contributed by atoms with Crippen molar-refractivity contribution in [2.75, 3.05) is 27.2 Å². The highest BCUT2D eigenvalue weighted by Crippen LogP contribution is 2.26. The number of aromatic nitrogens is 1. The molecular weight excluding hydrogens is 378 g/mol. The number of fused-ring (bicyclic) bond motifs is 1. The molecule has 0 spiro atoms. The molecule has 0 aliphatic heterocycles. The van der Waals surface area contributed by atoms with E-state index in [1.165, 1.54) is 4.90 Å². The minimum atomic E-state index is -0.0572. The van der Waals surface area contributed by atoms with Crippen LogP contribution in [0.5, 0.6) is 0 Å². The summed E-state index contributed by atoms with van der Waals surface area (Å²) < 4.78 is 1.01. The Hall–Kier alpha value is -2.24. The van der Waals surface area contributed by atoms with Gasteiger partial charge in [-0.3, -0.25) is 4.79 Å². The maximum absolute atomic E-state index is 12.7. The Balaban J connectivity index is 2.00. The summed E-state index contributed by atoms with van der Waals surface area (Å²) in [6.07, 6.45) is 0. The molecule has 1 amide bonds. The first-order valence-corrected chi connectivity index (χ1v) is 9.07. The smallest absolute Gasteiger partial charge is 0.252 e. The standard InChI is InChI=1S/C20H20BrN3O/c1-24(2)12-11-22-20(25)17-13-19(14-7-9-15(21)10-8-14)23-18-6-4-3-5-16(17)18/h3-10,13H,11-12H2,1-2H3,(H,22,25)/p+1. The van der Waals surface area contributed by atoms with Crippen LogP contribution in [0.3, 0.4) is 0 Å². The van der Waals surface area contributed by atoms with E-state index >= 15 is 0 Å². The number of hydrogen-bond acceptors (Lipinski definition) is 2. The van der Waals surface area contributed by atoms with Crippen molar-refractivity contribution in [1.29, 1.82) is 0 Å². The highest BCUT2D eigenvalue weighted by atomic mass is 79.9. The third kappa shape index (κ3) is 4.24. The van der Waals surface area contributed by atoms with E-state index in [0.29, 0.717) is 12.1 Å². The molecule has 128 valence electrons. The SMILES string of the molecule is C[NH+](C)CCNC(=O)c1cc(-c2ccc(Br)cc2)nc2ccccc12. The van der Waals surface area contributed by atoms with Gasteiger partial charge in [0.05, 0.1) is 44.0 Å². The Labute approximate surface area is 156 Å². The molecule has 0 fully saturated rings. The molecule has 0 aliphatic rings. The van der Waals surface area contributed by atoms with Gasteiger partial charge in [0.15, 0.2) is 0 Å². The van der Waals surface area contributed by atoms with Gasteiger partial charge in [-0.2, -0.15) is 0 Å². The highest BCUT2D eigenvalue weighted by molar-refractivity contribution is 9.10. The molecule has 0 bridgehead atoms. The highest BCUT2D eigenvalue weighted by Gasteiger charge is 2.14. The fourth-order valence-corrected chi connectivity index (χ4v) is 2.92. The largest absolute Gasteiger partial charge is 0.346 e. The number of quaternary nitrogens is 1. The number of halogens is 1. The van der Waals surface area contributed by atoms with Crippen LogP contribution in [0.25, 0.3) is 22.2 Å². The van der Waals surface area contributed by atoms with Gasteiger partial charge in [-0.15, -0.1) is 0 Å². The van der Waals surface area contributed by atoms with E-state index < -0.39 is 0 Å². The van der Waals surface area contributed by atoms with Gasteiger partial charge in [0, 0.05) is 15.4 Å². The van der Waals surface area contributed by atoms with Crippen molar-refractivity contribution in [2.45, 2.75) is 0 Å². The van der Waals surface area contributed by atoms with Crippen molar-refractivity contribution in [3.05, 3.63) is 64.6 Å². The van der Waals surface area contributed by atoms with Gasteiger partial charge in [0.1, 0.15) is 0 Å². The van der Waals surface area contributed by atoms with Gasteiger partial charge in [0.2, 0.25) is 0 Å². The Morgan fingerprint density at radius 1 is 1.12 bits per heavy atom. The van der Waals surface area contributed by atoms with E-state index in [1.54, 1.807) is 0 Å². The summed E-state index contributed by atoms with van der Waals surface area (Å²) in [5.74, 6) is -0.0572. The number of para-hydroxylation sites is 1. The minimum absolute atomic E-state index is 0.0572. The summed E-state index contributed by atoms with van der Waals surface area (Å²) in [7, 11) is 4.14. The maximum atomic E-state index is 12.7. The summed E-state index contributed by atoms with van der Waals surface area (Å²) in [5, 5.41) is 3.89.